The monoisotopic (exact) mass is 286 g/mol. The van der Waals surface area contributed by atoms with Crippen LogP contribution in [0.4, 0.5) is 0 Å². The standard InChI is InChI=1S/C5H8O2.2C5H5.Fe/c1-4(6)3-5(2)7;2*1-2-4-5-3-1;/h3H2,1-2H3;2*1-5H;/q;-5;-1;. The maximum Gasteiger partial charge on any atom is 0.137 e. The van der Waals surface area contributed by atoms with Crippen molar-refractivity contribution in [1.82, 2.24) is 0 Å². The molecule has 0 aliphatic heterocycles. The van der Waals surface area contributed by atoms with E-state index in [9.17, 15) is 9.59 Å². The Balaban J connectivity index is 0. The fraction of sp³-hybridized carbons (Fsp3) is 0.200. The summed E-state index contributed by atoms with van der Waals surface area (Å²) in [6.07, 6.45) is 0.0833. The van der Waals surface area contributed by atoms with Crippen molar-refractivity contribution in [3.63, 3.8) is 0 Å². The molecule has 2 rings (SSSR count). The van der Waals surface area contributed by atoms with Crippen molar-refractivity contribution < 1.29 is 26.7 Å². The van der Waals surface area contributed by atoms with Gasteiger partial charge in [-0.2, -0.15) is 18.2 Å². The number of ketones is 2. The largest absolute Gasteiger partial charge is 0.748 e. The van der Waals surface area contributed by atoms with E-state index >= 15 is 0 Å². The maximum atomic E-state index is 10.0. The van der Waals surface area contributed by atoms with Crippen molar-refractivity contribution in [3.8, 4) is 0 Å². The zero-order chi connectivity index (χ0) is 12.9. The van der Waals surface area contributed by atoms with Gasteiger partial charge in [0.05, 0.1) is 6.42 Å². The predicted molar refractivity (Wildman–Crippen MR) is 70.0 cm³/mol. The molecular weight excluding hydrogens is 268 g/mol. The van der Waals surface area contributed by atoms with Gasteiger partial charge in [0.25, 0.3) is 0 Å². The quantitative estimate of drug-likeness (QED) is 0.482. The minimum Gasteiger partial charge on any atom is -0.748 e. The van der Waals surface area contributed by atoms with Gasteiger partial charge in [0, 0.05) is 17.1 Å². The Morgan fingerprint density at radius 2 is 1.17 bits per heavy atom. The summed E-state index contributed by atoms with van der Waals surface area (Å²) in [5.74, 6) is -0.125. The Bertz CT molecular complexity index is 302. The second-order valence-electron chi connectivity index (χ2n) is 3.51. The zero-order valence-electron chi connectivity index (χ0n) is 10.7. The molecule has 2 aromatic rings. The van der Waals surface area contributed by atoms with Crippen LogP contribution in [0.15, 0.2) is 60.7 Å². The van der Waals surface area contributed by atoms with Gasteiger partial charge in [-0.05, 0) is 13.8 Å². The van der Waals surface area contributed by atoms with Crippen molar-refractivity contribution in [2.75, 3.05) is 0 Å². The Hall–Kier alpha value is -1.44. The summed E-state index contributed by atoms with van der Waals surface area (Å²) in [6, 6.07) is 20.0. The van der Waals surface area contributed by atoms with E-state index in [1.807, 2.05) is 60.7 Å². The summed E-state index contributed by atoms with van der Waals surface area (Å²) in [7, 11) is 0. The summed E-state index contributed by atoms with van der Waals surface area (Å²) >= 11 is 0. The Morgan fingerprint density at radius 3 is 1.28 bits per heavy atom. The summed E-state index contributed by atoms with van der Waals surface area (Å²) in [6.45, 7) is 2.81. The van der Waals surface area contributed by atoms with Gasteiger partial charge in [-0.3, -0.25) is 9.59 Å². The molecule has 0 saturated carbocycles. The second-order valence-corrected chi connectivity index (χ2v) is 3.51. The van der Waals surface area contributed by atoms with Gasteiger partial charge >= 0.3 is 0 Å². The summed E-state index contributed by atoms with van der Waals surface area (Å²) < 4.78 is 0. The normalized spacial score (nSPS) is 7.67. The molecule has 0 N–H and O–H groups in total. The van der Waals surface area contributed by atoms with Gasteiger partial charge < -0.3 is 30.3 Å². The van der Waals surface area contributed by atoms with E-state index in [0.29, 0.717) is 0 Å². The van der Waals surface area contributed by atoms with Gasteiger partial charge in [0.2, 0.25) is 0 Å². The fourth-order valence-electron chi connectivity index (χ4n) is 0.992. The van der Waals surface area contributed by atoms with E-state index in [2.05, 4.69) is 0 Å². The molecule has 2 aromatic carbocycles. The van der Waals surface area contributed by atoms with Crippen molar-refractivity contribution in [1.29, 1.82) is 0 Å². The number of carbonyl (C=O) groups is 2. The first kappa shape index (κ1) is 18.9. The van der Waals surface area contributed by atoms with Gasteiger partial charge in [-0.25, -0.2) is 12.1 Å². The van der Waals surface area contributed by atoms with Gasteiger partial charge in [0.1, 0.15) is 11.6 Å². The molecule has 0 radical (unpaired) electrons. The van der Waals surface area contributed by atoms with E-state index < -0.39 is 0 Å². The second kappa shape index (κ2) is 13.6. The molecule has 3 heteroatoms. The minimum absolute atomic E-state index is 0. The number of hydrogen-bond donors (Lipinski definition) is 0. The van der Waals surface area contributed by atoms with Crippen LogP contribution in [0.1, 0.15) is 20.3 Å². The first-order chi connectivity index (χ1) is 8.13. The van der Waals surface area contributed by atoms with E-state index in [4.69, 9.17) is 0 Å². The fourth-order valence-corrected chi connectivity index (χ4v) is 0.992. The van der Waals surface area contributed by atoms with E-state index in [-0.39, 0.29) is 35.1 Å². The third-order valence-electron chi connectivity index (χ3n) is 1.61. The molecule has 0 aliphatic rings. The summed E-state index contributed by atoms with van der Waals surface area (Å²) in [5, 5.41) is 0. The van der Waals surface area contributed by atoms with Crippen molar-refractivity contribution >= 4 is 11.6 Å². The predicted octanol–water partition coefficient (Wildman–Crippen LogP) is 3.36. The van der Waals surface area contributed by atoms with Crippen LogP contribution in [0.3, 0.4) is 0 Å². The molecule has 0 aromatic heterocycles. The summed E-state index contributed by atoms with van der Waals surface area (Å²) in [5.41, 5.74) is 0. The molecular formula is C15H18FeO2-6. The van der Waals surface area contributed by atoms with Gasteiger partial charge in [0.15, 0.2) is 0 Å². The van der Waals surface area contributed by atoms with E-state index in [1.165, 1.54) is 13.8 Å². The Labute approximate surface area is 119 Å². The molecule has 0 atom stereocenters. The van der Waals surface area contributed by atoms with E-state index in [1.54, 1.807) is 0 Å². The molecule has 104 valence electrons. The van der Waals surface area contributed by atoms with Crippen LogP contribution in [-0.4, -0.2) is 11.6 Å². The van der Waals surface area contributed by atoms with Crippen molar-refractivity contribution in [2.24, 2.45) is 0 Å². The van der Waals surface area contributed by atoms with Crippen LogP contribution in [0.25, 0.3) is 0 Å². The maximum absolute atomic E-state index is 10.0. The average molecular weight is 286 g/mol. The number of rotatable bonds is 2. The minimum atomic E-state index is -0.0625. The average Bonchev–Trinajstić information content (AvgIpc) is 2.96. The van der Waals surface area contributed by atoms with Crippen LogP contribution in [0.5, 0.6) is 0 Å². The molecule has 0 saturated heterocycles. The molecule has 18 heavy (non-hydrogen) atoms. The molecule has 0 aliphatic carbocycles. The molecule has 0 fully saturated rings. The van der Waals surface area contributed by atoms with Crippen LogP contribution in [0, 0.1) is 0 Å². The number of Topliss-reactive ketones (excluding diaryl/α,β-unsaturated/α-hetero) is 2. The summed E-state index contributed by atoms with van der Waals surface area (Å²) in [4.78, 5) is 20.1. The SMILES string of the molecule is CC(=O)CC(C)=O.[Fe].[cH-]1[cH-][cH-][cH-][cH-]1.c1cc[cH-]c1. The van der Waals surface area contributed by atoms with Crippen LogP contribution >= 0.6 is 0 Å². The van der Waals surface area contributed by atoms with Crippen LogP contribution in [0.2, 0.25) is 0 Å². The van der Waals surface area contributed by atoms with Crippen molar-refractivity contribution in [2.45, 2.75) is 20.3 Å². The van der Waals surface area contributed by atoms with Crippen LogP contribution in [-0.2, 0) is 26.7 Å². The van der Waals surface area contributed by atoms with E-state index in [0.717, 1.165) is 0 Å². The topological polar surface area (TPSA) is 34.1 Å². The molecule has 0 bridgehead atoms. The number of carbonyl (C=O) groups excluding carboxylic acids is 2. The van der Waals surface area contributed by atoms with Crippen LogP contribution < -0.4 is 0 Å². The van der Waals surface area contributed by atoms with Crippen molar-refractivity contribution in [3.05, 3.63) is 60.7 Å². The molecule has 0 heterocycles. The Morgan fingerprint density at radius 1 is 0.833 bits per heavy atom. The zero-order valence-corrected chi connectivity index (χ0v) is 11.8. The third-order valence-corrected chi connectivity index (χ3v) is 1.61. The first-order valence-corrected chi connectivity index (χ1v) is 5.45. The Kier molecular flexibility index (Phi) is 14.3. The first-order valence-electron chi connectivity index (χ1n) is 5.45. The van der Waals surface area contributed by atoms with Gasteiger partial charge in [-0.1, -0.05) is 0 Å². The molecule has 0 unspecified atom stereocenters. The number of hydrogen-bond acceptors (Lipinski definition) is 2. The molecule has 0 spiro atoms. The molecule has 0 amide bonds. The third kappa shape index (κ3) is 17.0. The molecule has 2 nitrogen and oxygen atoms in total. The smallest absolute Gasteiger partial charge is 0.137 e. The van der Waals surface area contributed by atoms with Gasteiger partial charge in [-0.15, -0.1) is 0 Å².